The average molecular weight is 158 g/mol. The fraction of sp³-hybridized carbons (Fsp3) is 0.875. The first-order chi connectivity index (χ1) is 5.25. The van der Waals surface area contributed by atoms with Crippen molar-refractivity contribution in [2.75, 3.05) is 13.7 Å². The normalized spacial score (nSPS) is 19.5. The first-order valence-corrected chi connectivity index (χ1v) is 3.94. The van der Waals surface area contributed by atoms with Gasteiger partial charge < -0.3 is 9.84 Å². The minimum atomic E-state index is -0.211. The van der Waals surface area contributed by atoms with Gasteiger partial charge in [0.25, 0.3) is 0 Å². The van der Waals surface area contributed by atoms with Gasteiger partial charge in [-0.1, -0.05) is 0 Å². The molecule has 1 saturated carbocycles. The number of rotatable bonds is 4. The van der Waals surface area contributed by atoms with E-state index in [1.165, 1.54) is 7.11 Å². The van der Waals surface area contributed by atoms with Gasteiger partial charge in [0.15, 0.2) is 0 Å². The van der Waals surface area contributed by atoms with Crippen LogP contribution in [-0.4, -0.2) is 24.8 Å². The lowest BCUT2D eigenvalue weighted by Crippen LogP contribution is -2.17. The summed E-state index contributed by atoms with van der Waals surface area (Å²) in [6.45, 7) is 0.165. The molecule has 1 rings (SSSR count). The number of esters is 1. The molecular formula is C8H14O3. The first-order valence-electron chi connectivity index (χ1n) is 3.94. The highest BCUT2D eigenvalue weighted by Gasteiger charge is 2.50. The molecule has 0 amide bonds. The molecule has 0 aromatic heterocycles. The van der Waals surface area contributed by atoms with Crippen molar-refractivity contribution in [3.63, 3.8) is 0 Å². The Labute approximate surface area is 66.4 Å². The highest BCUT2D eigenvalue weighted by Crippen LogP contribution is 2.50. The molecule has 3 heteroatoms. The number of aliphatic hydroxyl groups excluding tert-OH is 1. The Morgan fingerprint density at radius 1 is 1.64 bits per heavy atom. The van der Waals surface area contributed by atoms with Crippen LogP contribution in [0.15, 0.2) is 0 Å². The molecular weight excluding hydrogens is 144 g/mol. The van der Waals surface area contributed by atoms with Gasteiger partial charge in [-0.05, 0) is 25.7 Å². The maximum atomic E-state index is 11.1. The van der Waals surface area contributed by atoms with E-state index in [0.29, 0.717) is 6.42 Å². The van der Waals surface area contributed by atoms with Crippen molar-refractivity contribution in [1.82, 2.24) is 0 Å². The van der Waals surface area contributed by atoms with Crippen molar-refractivity contribution in [2.45, 2.75) is 25.7 Å². The second-order valence-electron chi connectivity index (χ2n) is 3.10. The molecule has 0 aromatic carbocycles. The Hall–Kier alpha value is -0.570. The van der Waals surface area contributed by atoms with E-state index in [-0.39, 0.29) is 18.0 Å². The van der Waals surface area contributed by atoms with E-state index >= 15 is 0 Å². The smallest absolute Gasteiger partial charge is 0.311 e. The maximum absolute atomic E-state index is 11.1. The first kappa shape index (κ1) is 8.53. The van der Waals surface area contributed by atoms with Crippen LogP contribution in [0.4, 0.5) is 0 Å². The minimum Gasteiger partial charge on any atom is -0.469 e. The topological polar surface area (TPSA) is 46.5 Å². The molecule has 1 fully saturated rings. The molecule has 1 aliphatic rings. The van der Waals surface area contributed by atoms with Crippen LogP contribution in [0.25, 0.3) is 0 Å². The number of carbonyl (C=O) groups is 1. The third kappa shape index (κ3) is 1.71. The van der Waals surface area contributed by atoms with Crippen LogP contribution in [0, 0.1) is 5.41 Å². The molecule has 0 saturated heterocycles. The summed E-state index contributed by atoms with van der Waals surface area (Å²) in [4.78, 5) is 11.1. The lowest BCUT2D eigenvalue weighted by atomic mass is 10.0. The predicted molar refractivity (Wildman–Crippen MR) is 40.0 cm³/mol. The predicted octanol–water partition coefficient (Wildman–Crippen LogP) is 0.712. The summed E-state index contributed by atoms with van der Waals surface area (Å²) in [6.07, 6.45) is 3.34. The fourth-order valence-corrected chi connectivity index (χ4v) is 1.34. The zero-order valence-electron chi connectivity index (χ0n) is 6.80. The summed E-state index contributed by atoms with van der Waals surface area (Å²) >= 11 is 0. The van der Waals surface area contributed by atoms with Crippen LogP contribution in [0.3, 0.4) is 0 Å². The fourth-order valence-electron chi connectivity index (χ4n) is 1.34. The van der Waals surface area contributed by atoms with E-state index < -0.39 is 0 Å². The molecule has 0 unspecified atom stereocenters. The second kappa shape index (κ2) is 3.22. The van der Waals surface area contributed by atoms with Crippen LogP contribution in [0.1, 0.15) is 25.7 Å². The van der Waals surface area contributed by atoms with Gasteiger partial charge in [0.05, 0.1) is 12.5 Å². The summed E-state index contributed by atoms with van der Waals surface area (Å²) < 4.78 is 4.65. The molecule has 11 heavy (non-hydrogen) atoms. The van der Waals surface area contributed by atoms with E-state index in [0.717, 1.165) is 19.3 Å². The van der Waals surface area contributed by atoms with Crippen molar-refractivity contribution in [2.24, 2.45) is 5.41 Å². The van der Waals surface area contributed by atoms with Crippen LogP contribution in [0.2, 0.25) is 0 Å². The van der Waals surface area contributed by atoms with Gasteiger partial charge in [-0.3, -0.25) is 4.79 Å². The molecule has 64 valence electrons. The zero-order valence-corrected chi connectivity index (χ0v) is 6.80. The Bertz CT molecular complexity index is 149. The molecule has 0 aliphatic heterocycles. The number of carbonyl (C=O) groups excluding carboxylic acids is 1. The highest BCUT2D eigenvalue weighted by atomic mass is 16.5. The number of methoxy groups -OCH3 is 1. The zero-order chi connectivity index (χ0) is 8.32. The molecule has 0 spiro atoms. The summed E-state index contributed by atoms with van der Waals surface area (Å²) in [5, 5.41) is 8.56. The maximum Gasteiger partial charge on any atom is 0.311 e. The van der Waals surface area contributed by atoms with Crippen molar-refractivity contribution in [3.05, 3.63) is 0 Å². The molecule has 0 heterocycles. The lowest BCUT2D eigenvalue weighted by Gasteiger charge is -2.10. The summed E-state index contributed by atoms with van der Waals surface area (Å²) in [6, 6.07) is 0. The molecule has 1 N–H and O–H groups in total. The lowest BCUT2D eigenvalue weighted by molar-refractivity contribution is -0.147. The van der Waals surface area contributed by atoms with Crippen LogP contribution < -0.4 is 0 Å². The SMILES string of the molecule is COC(=O)C1(CCCO)CC1. The van der Waals surface area contributed by atoms with E-state index in [2.05, 4.69) is 4.74 Å². The second-order valence-corrected chi connectivity index (χ2v) is 3.10. The van der Waals surface area contributed by atoms with Crippen molar-refractivity contribution in [1.29, 1.82) is 0 Å². The van der Waals surface area contributed by atoms with Gasteiger partial charge in [-0.2, -0.15) is 0 Å². The van der Waals surface area contributed by atoms with Gasteiger partial charge in [0.2, 0.25) is 0 Å². The van der Waals surface area contributed by atoms with Gasteiger partial charge in [-0.25, -0.2) is 0 Å². The van der Waals surface area contributed by atoms with E-state index in [1.807, 2.05) is 0 Å². The highest BCUT2D eigenvalue weighted by molar-refractivity contribution is 5.79. The van der Waals surface area contributed by atoms with Crippen molar-refractivity contribution < 1.29 is 14.6 Å². The van der Waals surface area contributed by atoms with E-state index in [9.17, 15) is 4.79 Å². The van der Waals surface area contributed by atoms with E-state index in [1.54, 1.807) is 0 Å². The average Bonchev–Trinajstić information content (AvgIpc) is 2.80. The number of ether oxygens (including phenoxy) is 1. The molecule has 3 nitrogen and oxygen atoms in total. The van der Waals surface area contributed by atoms with E-state index in [4.69, 9.17) is 5.11 Å². The Balaban J connectivity index is 2.34. The Morgan fingerprint density at radius 2 is 2.27 bits per heavy atom. The molecule has 0 radical (unpaired) electrons. The minimum absolute atomic E-state index is 0.106. The Morgan fingerprint density at radius 3 is 2.64 bits per heavy atom. The molecule has 0 bridgehead atoms. The van der Waals surface area contributed by atoms with Gasteiger partial charge in [0.1, 0.15) is 0 Å². The van der Waals surface area contributed by atoms with Gasteiger partial charge >= 0.3 is 5.97 Å². The van der Waals surface area contributed by atoms with Crippen LogP contribution in [0.5, 0.6) is 0 Å². The summed E-state index contributed by atoms with van der Waals surface area (Å²) in [7, 11) is 1.42. The summed E-state index contributed by atoms with van der Waals surface area (Å²) in [5.74, 6) is -0.106. The van der Waals surface area contributed by atoms with Gasteiger partial charge in [0, 0.05) is 6.61 Å². The largest absolute Gasteiger partial charge is 0.469 e. The Kier molecular flexibility index (Phi) is 2.49. The van der Waals surface area contributed by atoms with Gasteiger partial charge in [-0.15, -0.1) is 0 Å². The standard InChI is InChI=1S/C8H14O3/c1-11-7(10)8(4-5-8)3-2-6-9/h9H,2-6H2,1H3. The van der Waals surface area contributed by atoms with Crippen LogP contribution in [-0.2, 0) is 9.53 Å². The molecule has 1 aliphatic carbocycles. The summed E-state index contributed by atoms with van der Waals surface area (Å²) in [5.41, 5.74) is -0.211. The van der Waals surface area contributed by atoms with Crippen LogP contribution >= 0.6 is 0 Å². The quantitative estimate of drug-likeness (QED) is 0.613. The third-order valence-electron chi connectivity index (χ3n) is 2.29. The number of hydrogen-bond acceptors (Lipinski definition) is 3. The van der Waals surface area contributed by atoms with Crippen molar-refractivity contribution >= 4 is 5.97 Å². The number of aliphatic hydroxyl groups is 1. The third-order valence-corrected chi connectivity index (χ3v) is 2.29. The molecule has 0 atom stereocenters. The monoisotopic (exact) mass is 158 g/mol. The number of hydrogen-bond donors (Lipinski definition) is 1. The van der Waals surface area contributed by atoms with Crippen molar-refractivity contribution in [3.8, 4) is 0 Å². The molecule has 0 aromatic rings.